The summed E-state index contributed by atoms with van der Waals surface area (Å²) >= 11 is 0. The largest absolute Gasteiger partial charge is 0.423 e. The molecule has 1 aliphatic carbocycles. The normalized spacial score (nSPS) is 19.1. The Hall–Kier alpha value is -2.97. The van der Waals surface area contributed by atoms with E-state index >= 15 is 0 Å². The average Bonchev–Trinajstić information content (AvgIpc) is 2.74. The second kappa shape index (κ2) is 9.99. The minimum absolute atomic E-state index is 0.0677. The van der Waals surface area contributed by atoms with Crippen LogP contribution in [-0.4, -0.2) is 18.7 Å². The van der Waals surface area contributed by atoms with Crippen LogP contribution in [0.2, 0.25) is 0 Å². The van der Waals surface area contributed by atoms with E-state index in [0.717, 1.165) is 43.9 Å². The lowest BCUT2D eigenvalue weighted by atomic mass is 9.87. The minimum Gasteiger partial charge on any atom is -0.423 e. The van der Waals surface area contributed by atoms with Gasteiger partial charge in [0.1, 0.15) is 17.6 Å². The van der Waals surface area contributed by atoms with Gasteiger partial charge >= 0.3 is 5.97 Å². The van der Waals surface area contributed by atoms with Crippen LogP contribution in [0.15, 0.2) is 48.5 Å². The van der Waals surface area contributed by atoms with Crippen LogP contribution in [0.4, 0.5) is 4.39 Å². The molecule has 1 aliphatic rings. The molecule has 150 valence electrons. The maximum Gasteiger partial charge on any atom is 0.343 e. The molecule has 0 saturated heterocycles. The van der Waals surface area contributed by atoms with Gasteiger partial charge in [-0.15, -0.1) is 0 Å². The van der Waals surface area contributed by atoms with Crippen molar-refractivity contribution in [2.45, 2.75) is 38.7 Å². The quantitative estimate of drug-likeness (QED) is 0.479. The first-order valence-corrected chi connectivity index (χ1v) is 9.90. The lowest BCUT2D eigenvalue weighted by Crippen LogP contribution is -2.20. The molecule has 0 bridgehead atoms. The number of rotatable bonds is 6. The molecule has 29 heavy (non-hydrogen) atoms. The molecule has 5 heteroatoms. The fraction of sp³-hybridized carbons (Fsp3) is 0.333. The van der Waals surface area contributed by atoms with Gasteiger partial charge in [-0.05, 0) is 68.4 Å². The third-order valence-electron chi connectivity index (χ3n) is 5.10. The zero-order chi connectivity index (χ0) is 20.6. The van der Waals surface area contributed by atoms with Crippen molar-refractivity contribution < 1.29 is 18.7 Å². The first-order chi connectivity index (χ1) is 14.1. The monoisotopic (exact) mass is 393 g/mol. The van der Waals surface area contributed by atoms with Crippen molar-refractivity contribution in [1.29, 1.82) is 5.26 Å². The van der Waals surface area contributed by atoms with Crippen LogP contribution >= 0.6 is 0 Å². The summed E-state index contributed by atoms with van der Waals surface area (Å²) in [5, 5.41) is 8.75. The van der Waals surface area contributed by atoms with Crippen LogP contribution in [0.5, 0.6) is 5.75 Å². The smallest absolute Gasteiger partial charge is 0.343 e. The highest BCUT2D eigenvalue weighted by atomic mass is 19.1. The van der Waals surface area contributed by atoms with Gasteiger partial charge in [0.15, 0.2) is 0 Å². The second-order valence-electron chi connectivity index (χ2n) is 7.12. The molecule has 0 amide bonds. The molecule has 0 atom stereocenters. The maximum absolute atomic E-state index is 13.6. The lowest BCUT2D eigenvalue weighted by molar-refractivity contribution is 0.0303. The van der Waals surface area contributed by atoms with Crippen molar-refractivity contribution in [2.24, 2.45) is 5.92 Å². The number of halogens is 1. The summed E-state index contributed by atoms with van der Waals surface area (Å²) in [4.78, 5) is 12.2. The molecule has 0 unspecified atom stereocenters. The Morgan fingerprint density at radius 2 is 1.90 bits per heavy atom. The Morgan fingerprint density at radius 1 is 1.17 bits per heavy atom. The van der Waals surface area contributed by atoms with Crippen molar-refractivity contribution in [3.8, 4) is 11.8 Å². The third kappa shape index (κ3) is 5.75. The number of allylic oxidation sites excluding steroid dienone is 1. The van der Waals surface area contributed by atoms with E-state index in [0.29, 0.717) is 17.6 Å². The Kier molecular flexibility index (Phi) is 7.15. The molecule has 0 N–H and O–H groups in total. The summed E-state index contributed by atoms with van der Waals surface area (Å²) in [6, 6.07) is 12.5. The van der Waals surface area contributed by atoms with Crippen molar-refractivity contribution in [3.63, 3.8) is 0 Å². The molecule has 0 aliphatic heterocycles. The number of carbonyl (C=O) groups is 1. The number of esters is 1. The van der Waals surface area contributed by atoms with Crippen LogP contribution in [0.1, 0.15) is 54.1 Å². The molecule has 2 aromatic carbocycles. The highest BCUT2D eigenvalue weighted by molar-refractivity contribution is 5.91. The van der Waals surface area contributed by atoms with Crippen LogP contribution in [0.25, 0.3) is 6.08 Å². The summed E-state index contributed by atoms with van der Waals surface area (Å²) in [6.07, 6.45) is 9.18. The van der Waals surface area contributed by atoms with Gasteiger partial charge in [0.2, 0.25) is 0 Å². The molecule has 1 fully saturated rings. The van der Waals surface area contributed by atoms with Gasteiger partial charge in [-0.2, -0.15) is 5.26 Å². The number of nitriles is 1. The number of hydrogen-bond acceptors (Lipinski definition) is 4. The predicted molar refractivity (Wildman–Crippen MR) is 109 cm³/mol. The van der Waals surface area contributed by atoms with E-state index in [-0.39, 0.29) is 11.3 Å². The van der Waals surface area contributed by atoms with Crippen molar-refractivity contribution >= 4 is 12.0 Å². The Morgan fingerprint density at radius 3 is 2.52 bits per heavy atom. The van der Waals surface area contributed by atoms with Gasteiger partial charge in [-0.1, -0.05) is 24.3 Å². The average molecular weight is 393 g/mol. The first-order valence-electron chi connectivity index (χ1n) is 9.90. The van der Waals surface area contributed by atoms with Crippen molar-refractivity contribution in [3.05, 3.63) is 71.0 Å². The van der Waals surface area contributed by atoms with Gasteiger partial charge in [0.05, 0.1) is 17.2 Å². The molecule has 2 aromatic rings. The third-order valence-corrected chi connectivity index (χ3v) is 5.10. The van der Waals surface area contributed by atoms with Crippen LogP contribution in [-0.2, 0) is 4.74 Å². The van der Waals surface area contributed by atoms with E-state index in [2.05, 4.69) is 12.2 Å². The highest BCUT2D eigenvalue weighted by Crippen LogP contribution is 2.27. The van der Waals surface area contributed by atoms with Gasteiger partial charge < -0.3 is 9.47 Å². The molecule has 0 radical (unpaired) electrons. The predicted octanol–water partition coefficient (Wildman–Crippen LogP) is 5.53. The van der Waals surface area contributed by atoms with Gasteiger partial charge in [-0.25, -0.2) is 9.18 Å². The number of nitrogens with zero attached hydrogens (tertiary/aromatic N) is 1. The molecule has 4 nitrogen and oxygen atoms in total. The fourth-order valence-electron chi connectivity index (χ4n) is 3.48. The van der Waals surface area contributed by atoms with Gasteiger partial charge in [-0.3, -0.25) is 0 Å². The number of ether oxygens (including phenoxy) is 2. The lowest BCUT2D eigenvalue weighted by Gasteiger charge is -2.26. The summed E-state index contributed by atoms with van der Waals surface area (Å²) in [5.74, 6) is -0.659. The Balaban J connectivity index is 1.55. The molecule has 1 saturated carbocycles. The van der Waals surface area contributed by atoms with Crippen LogP contribution < -0.4 is 4.74 Å². The zero-order valence-electron chi connectivity index (χ0n) is 16.4. The van der Waals surface area contributed by atoms with E-state index in [1.165, 1.54) is 12.1 Å². The molecule has 3 rings (SSSR count). The number of benzene rings is 2. The molecule has 0 heterocycles. The summed E-state index contributed by atoms with van der Waals surface area (Å²) in [6.45, 7) is 2.81. The molecular formula is C24H24FNO3. The SMILES string of the molecule is CCOC1CCC(C=Cc2ccc(C(=O)Oc3ccc(C#N)c(F)c3)cc2)CC1. The van der Waals surface area contributed by atoms with Crippen LogP contribution in [0.3, 0.4) is 0 Å². The summed E-state index contributed by atoms with van der Waals surface area (Å²) < 4.78 is 24.5. The van der Waals surface area contributed by atoms with Gasteiger partial charge in [0.25, 0.3) is 0 Å². The Labute approximate surface area is 170 Å². The Bertz CT molecular complexity index is 907. The first kappa shape index (κ1) is 20.8. The van der Waals surface area contributed by atoms with E-state index < -0.39 is 11.8 Å². The van der Waals surface area contributed by atoms with E-state index in [1.54, 1.807) is 18.2 Å². The summed E-state index contributed by atoms with van der Waals surface area (Å²) in [7, 11) is 0. The molecular weight excluding hydrogens is 369 g/mol. The fourth-order valence-corrected chi connectivity index (χ4v) is 3.48. The maximum atomic E-state index is 13.6. The highest BCUT2D eigenvalue weighted by Gasteiger charge is 2.19. The van der Waals surface area contributed by atoms with E-state index in [9.17, 15) is 9.18 Å². The van der Waals surface area contributed by atoms with E-state index in [4.69, 9.17) is 14.7 Å². The zero-order valence-corrected chi connectivity index (χ0v) is 16.4. The van der Waals surface area contributed by atoms with Crippen molar-refractivity contribution in [1.82, 2.24) is 0 Å². The number of hydrogen-bond donors (Lipinski definition) is 0. The number of carbonyl (C=O) groups excluding carboxylic acids is 1. The topological polar surface area (TPSA) is 59.3 Å². The molecule has 0 spiro atoms. The van der Waals surface area contributed by atoms with Gasteiger partial charge in [0, 0.05) is 12.7 Å². The standard InChI is InChI=1S/C24H24FNO3/c1-2-28-21-12-7-18(8-13-21)4-3-17-5-9-19(10-6-17)24(27)29-22-14-11-20(16-26)23(25)15-22/h3-6,9-11,14-15,18,21H,2,7-8,12-13H2,1H3. The van der Waals surface area contributed by atoms with Crippen LogP contribution in [0, 0.1) is 23.1 Å². The minimum atomic E-state index is -0.714. The molecule has 0 aromatic heterocycles. The summed E-state index contributed by atoms with van der Waals surface area (Å²) in [5.41, 5.74) is 1.30. The van der Waals surface area contributed by atoms with Crippen molar-refractivity contribution in [2.75, 3.05) is 6.61 Å². The van der Waals surface area contributed by atoms with E-state index in [1.807, 2.05) is 19.1 Å². The second-order valence-corrected chi connectivity index (χ2v) is 7.12.